The van der Waals surface area contributed by atoms with E-state index in [1.807, 2.05) is 6.92 Å². The van der Waals surface area contributed by atoms with Crippen molar-refractivity contribution in [2.75, 3.05) is 33.4 Å². The number of ether oxygens (including phenoxy) is 2. The molecule has 1 heterocycles. The third-order valence-corrected chi connectivity index (χ3v) is 2.53. The average Bonchev–Trinajstić information content (AvgIpc) is 2.15. The third kappa shape index (κ3) is 3.44. The van der Waals surface area contributed by atoms with Crippen LogP contribution in [0.5, 0.6) is 0 Å². The van der Waals surface area contributed by atoms with E-state index in [0.29, 0.717) is 13.2 Å². The third-order valence-electron chi connectivity index (χ3n) is 2.53. The number of carbonyl (C=O) groups excluding carboxylic acids is 1. The van der Waals surface area contributed by atoms with E-state index in [1.165, 1.54) is 7.11 Å². The van der Waals surface area contributed by atoms with Gasteiger partial charge in [0.25, 0.3) is 0 Å². The van der Waals surface area contributed by atoms with Crippen LogP contribution in [0.25, 0.3) is 0 Å². The molecule has 2 atom stereocenters. The van der Waals surface area contributed by atoms with Gasteiger partial charge in [0, 0.05) is 19.6 Å². The van der Waals surface area contributed by atoms with Gasteiger partial charge >= 0.3 is 5.97 Å². The lowest BCUT2D eigenvalue weighted by molar-refractivity contribution is -0.147. The van der Waals surface area contributed by atoms with Crippen molar-refractivity contribution in [2.24, 2.45) is 5.73 Å². The van der Waals surface area contributed by atoms with E-state index in [0.717, 1.165) is 13.1 Å². The molecule has 5 nitrogen and oxygen atoms in total. The highest BCUT2D eigenvalue weighted by Gasteiger charge is 2.33. The van der Waals surface area contributed by atoms with Crippen molar-refractivity contribution >= 4 is 5.97 Å². The van der Waals surface area contributed by atoms with Crippen LogP contribution in [0.1, 0.15) is 13.8 Å². The molecule has 5 heteroatoms. The van der Waals surface area contributed by atoms with Crippen molar-refractivity contribution in [1.82, 2.24) is 4.90 Å². The molecule has 0 spiro atoms. The van der Waals surface area contributed by atoms with Gasteiger partial charge in [0.15, 0.2) is 0 Å². The van der Waals surface area contributed by atoms with Crippen molar-refractivity contribution in [2.45, 2.75) is 25.5 Å². The summed E-state index contributed by atoms with van der Waals surface area (Å²) in [4.78, 5) is 13.5. The number of hydrogen-bond donors (Lipinski definition) is 1. The molecule has 2 unspecified atom stereocenters. The van der Waals surface area contributed by atoms with Crippen molar-refractivity contribution in [1.29, 1.82) is 0 Å². The van der Waals surface area contributed by atoms with Crippen LogP contribution in [0.2, 0.25) is 0 Å². The second-order valence-corrected chi connectivity index (χ2v) is 4.33. The van der Waals surface area contributed by atoms with Crippen LogP contribution in [0.3, 0.4) is 0 Å². The predicted molar refractivity (Wildman–Crippen MR) is 56.5 cm³/mol. The Morgan fingerprint density at radius 2 is 2.40 bits per heavy atom. The van der Waals surface area contributed by atoms with E-state index in [-0.39, 0.29) is 12.1 Å². The highest BCUT2D eigenvalue weighted by Crippen LogP contribution is 2.10. The number of nitrogens with zero attached hydrogens (tertiary/aromatic N) is 1. The first-order chi connectivity index (χ1) is 6.95. The molecule has 0 saturated carbocycles. The fraction of sp³-hybridized carbons (Fsp3) is 0.900. The summed E-state index contributed by atoms with van der Waals surface area (Å²) in [5.41, 5.74) is 4.95. The van der Waals surface area contributed by atoms with Crippen LogP contribution in [-0.4, -0.2) is 55.9 Å². The summed E-state index contributed by atoms with van der Waals surface area (Å²) in [6, 6.07) is 0. The predicted octanol–water partition coefficient (Wildman–Crippen LogP) is -0.402. The van der Waals surface area contributed by atoms with Crippen LogP contribution in [0.4, 0.5) is 0 Å². The molecule has 1 fully saturated rings. The number of rotatable bonds is 3. The minimum absolute atomic E-state index is 0.201. The molecular weight excluding hydrogens is 196 g/mol. The maximum atomic E-state index is 11.4. The highest BCUT2D eigenvalue weighted by atomic mass is 16.5. The number of nitrogens with two attached hydrogens (primary N) is 1. The summed E-state index contributed by atoms with van der Waals surface area (Å²) in [5, 5.41) is 0. The number of esters is 1. The van der Waals surface area contributed by atoms with Gasteiger partial charge in [0.1, 0.15) is 5.54 Å². The SMILES string of the molecule is COC(=O)C(C)(N)CN1CCOC(C)C1. The van der Waals surface area contributed by atoms with Gasteiger partial charge in [-0.15, -0.1) is 0 Å². The largest absolute Gasteiger partial charge is 0.468 e. The average molecular weight is 216 g/mol. The summed E-state index contributed by atoms with van der Waals surface area (Å²) < 4.78 is 10.1. The first-order valence-corrected chi connectivity index (χ1v) is 5.17. The smallest absolute Gasteiger partial charge is 0.326 e. The number of hydrogen-bond acceptors (Lipinski definition) is 5. The number of carbonyl (C=O) groups is 1. The minimum atomic E-state index is -0.939. The molecule has 1 aliphatic rings. The molecule has 2 N–H and O–H groups in total. The zero-order chi connectivity index (χ0) is 11.5. The molecule has 1 aliphatic heterocycles. The lowest BCUT2D eigenvalue weighted by Gasteiger charge is -2.35. The Labute approximate surface area is 90.5 Å². The maximum Gasteiger partial charge on any atom is 0.326 e. The normalized spacial score (nSPS) is 27.1. The van der Waals surface area contributed by atoms with Crippen LogP contribution < -0.4 is 5.73 Å². The van der Waals surface area contributed by atoms with Gasteiger partial charge in [0.05, 0.1) is 19.8 Å². The molecule has 15 heavy (non-hydrogen) atoms. The Hall–Kier alpha value is -0.650. The lowest BCUT2D eigenvalue weighted by atomic mass is 10.0. The van der Waals surface area contributed by atoms with Gasteiger partial charge in [0.2, 0.25) is 0 Å². The lowest BCUT2D eigenvalue weighted by Crippen LogP contribution is -2.57. The van der Waals surface area contributed by atoms with E-state index in [4.69, 9.17) is 10.5 Å². The molecule has 88 valence electrons. The highest BCUT2D eigenvalue weighted by molar-refractivity contribution is 5.80. The zero-order valence-corrected chi connectivity index (χ0v) is 9.66. The van der Waals surface area contributed by atoms with E-state index in [1.54, 1.807) is 6.92 Å². The Morgan fingerprint density at radius 1 is 1.73 bits per heavy atom. The Bertz CT molecular complexity index is 231. The van der Waals surface area contributed by atoms with Gasteiger partial charge in [-0.05, 0) is 13.8 Å². The first kappa shape index (κ1) is 12.4. The van der Waals surface area contributed by atoms with Gasteiger partial charge < -0.3 is 15.2 Å². The summed E-state index contributed by atoms with van der Waals surface area (Å²) in [6.45, 7) is 6.53. The van der Waals surface area contributed by atoms with Crippen LogP contribution >= 0.6 is 0 Å². The molecule has 0 radical (unpaired) electrons. The molecule has 1 rings (SSSR count). The molecule has 0 amide bonds. The Balaban J connectivity index is 2.49. The number of methoxy groups -OCH3 is 1. The Morgan fingerprint density at radius 3 is 2.93 bits per heavy atom. The molecule has 0 aromatic carbocycles. The fourth-order valence-electron chi connectivity index (χ4n) is 1.80. The molecule has 0 aromatic rings. The van der Waals surface area contributed by atoms with Crippen LogP contribution in [-0.2, 0) is 14.3 Å². The van der Waals surface area contributed by atoms with Crippen molar-refractivity contribution in [3.63, 3.8) is 0 Å². The zero-order valence-electron chi connectivity index (χ0n) is 9.66. The second-order valence-electron chi connectivity index (χ2n) is 4.33. The topological polar surface area (TPSA) is 64.8 Å². The van der Waals surface area contributed by atoms with Gasteiger partial charge in [-0.3, -0.25) is 9.69 Å². The number of morpholine rings is 1. The molecule has 0 aliphatic carbocycles. The van der Waals surface area contributed by atoms with Crippen molar-refractivity contribution in [3.8, 4) is 0 Å². The van der Waals surface area contributed by atoms with Gasteiger partial charge in [-0.1, -0.05) is 0 Å². The van der Waals surface area contributed by atoms with Gasteiger partial charge in [-0.25, -0.2) is 0 Å². The minimum Gasteiger partial charge on any atom is -0.468 e. The van der Waals surface area contributed by atoms with Crippen LogP contribution in [0, 0.1) is 0 Å². The van der Waals surface area contributed by atoms with Crippen molar-refractivity contribution in [3.05, 3.63) is 0 Å². The monoisotopic (exact) mass is 216 g/mol. The van der Waals surface area contributed by atoms with Gasteiger partial charge in [-0.2, -0.15) is 0 Å². The first-order valence-electron chi connectivity index (χ1n) is 5.17. The molecule has 0 aromatic heterocycles. The van der Waals surface area contributed by atoms with Crippen LogP contribution in [0.15, 0.2) is 0 Å². The maximum absolute atomic E-state index is 11.4. The molecular formula is C10H20N2O3. The molecule has 1 saturated heterocycles. The van der Waals surface area contributed by atoms with E-state index in [2.05, 4.69) is 9.64 Å². The van der Waals surface area contributed by atoms with E-state index < -0.39 is 5.54 Å². The summed E-state index contributed by atoms with van der Waals surface area (Å²) in [6.07, 6.45) is 0.201. The quantitative estimate of drug-likeness (QED) is 0.650. The summed E-state index contributed by atoms with van der Waals surface area (Å²) in [7, 11) is 1.36. The van der Waals surface area contributed by atoms with Crippen molar-refractivity contribution < 1.29 is 14.3 Å². The fourth-order valence-corrected chi connectivity index (χ4v) is 1.80. The summed E-state index contributed by atoms with van der Waals surface area (Å²) >= 11 is 0. The van der Waals surface area contributed by atoms with E-state index in [9.17, 15) is 4.79 Å². The Kier molecular flexibility index (Phi) is 4.07. The van der Waals surface area contributed by atoms with E-state index >= 15 is 0 Å². The second kappa shape index (κ2) is 4.92. The standard InChI is InChI=1S/C10H20N2O3/c1-8-6-12(4-5-15-8)7-10(2,11)9(13)14-3/h8H,4-7,11H2,1-3H3. The summed E-state index contributed by atoms with van der Waals surface area (Å²) in [5.74, 6) is -0.373. The molecule has 0 bridgehead atoms.